The summed E-state index contributed by atoms with van der Waals surface area (Å²) in [4.78, 5) is 12.5. The Bertz CT molecular complexity index is 865. The number of thioether (sulfide) groups is 1. The highest BCUT2D eigenvalue weighted by molar-refractivity contribution is 7.98. The van der Waals surface area contributed by atoms with E-state index in [2.05, 4.69) is 4.72 Å². The zero-order valence-electron chi connectivity index (χ0n) is 13.5. The fraction of sp³-hybridized carbons (Fsp3) is 0.188. The Morgan fingerprint density at radius 3 is 2.12 bits per heavy atom. The number of hydrogen-bond acceptors (Lipinski definition) is 4. The van der Waals surface area contributed by atoms with Crippen LogP contribution in [-0.2, 0) is 10.0 Å². The van der Waals surface area contributed by atoms with Gasteiger partial charge in [-0.25, -0.2) is 8.42 Å². The second-order valence-electron chi connectivity index (χ2n) is 5.16. The lowest BCUT2D eigenvalue weighted by Crippen LogP contribution is -2.33. The molecular formula is C16H15F3N2O3S2. The third kappa shape index (κ3) is 5.67. The zero-order valence-corrected chi connectivity index (χ0v) is 15.1. The number of alkyl halides is 3. The highest BCUT2D eigenvalue weighted by Crippen LogP contribution is 2.21. The molecule has 0 radical (unpaired) electrons. The minimum atomic E-state index is -4.52. The van der Waals surface area contributed by atoms with Crippen molar-refractivity contribution in [3.8, 4) is 0 Å². The van der Waals surface area contributed by atoms with Gasteiger partial charge in [-0.3, -0.25) is 9.52 Å². The molecule has 2 N–H and O–H groups in total. The maximum absolute atomic E-state index is 12.3. The Morgan fingerprint density at radius 1 is 1.04 bits per heavy atom. The van der Waals surface area contributed by atoms with Gasteiger partial charge in [0.25, 0.3) is 15.9 Å². The smallest absolute Gasteiger partial charge is 0.343 e. The van der Waals surface area contributed by atoms with Crippen LogP contribution in [0.1, 0.15) is 10.4 Å². The average Bonchev–Trinajstić information content (AvgIpc) is 2.59. The molecular weight excluding hydrogens is 389 g/mol. The van der Waals surface area contributed by atoms with E-state index in [0.717, 1.165) is 29.2 Å². The van der Waals surface area contributed by atoms with Crippen molar-refractivity contribution in [2.75, 3.05) is 17.5 Å². The van der Waals surface area contributed by atoms with Crippen molar-refractivity contribution in [1.82, 2.24) is 5.32 Å². The largest absolute Gasteiger partial charge is 0.405 e. The topological polar surface area (TPSA) is 75.3 Å². The molecule has 0 saturated carbocycles. The summed E-state index contributed by atoms with van der Waals surface area (Å²) >= 11 is 1.52. The number of benzene rings is 2. The van der Waals surface area contributed by atoms with Crippen molar-refractivity contribution in [3.05, 3.63) is 54.1 Å². The van der Waals surface area contributed by atoms with Gasteiger partial charge in [-0.2, -0.15) is 13.2 Å². The maximum Gasteiger partial charge on any atom is 0.405 e. The zero-order chi connectivity index (χ0) is 19.4. The van der Waals surface area contributed by atoms with Crippen molar-refractivity contribution in [3.63, 3.8) is 0 Å². The van der Waals surface area contributed by atoms with E-state index in [-0.39, 0.29) is 10.5 Å². The summed E-state index contributed by atoms with van der Waals surface area (Å²) < 4.78 is 63.4. The molecule has 0 aliphatic carbocycles. The summed E-state index contributed by atoms with van der Waals surface area (Å²) in [5.74, 6) is -0.938. The molecule has 5 nitrogen and oxygen atoms in total. The molecule has 10 heteroatoms. The predicted molar refractivity (Wildman–Crippen MR) is 93.9 cm³/mol. The third-order valence-corrected chi connectivity index (χ3v) is 5.36. The van der Waals surface area contributed by atoms with E-state index in [1.54, 1.807) is 29.6 Å². The lowest BCUT2D eigenvalue weighted by molar-refractivity contribution is -0.123. The number of halogens is 3. The first-order valence-corrected chi connectivity index (χ1v) is 9.93. The summed E-state index contributed by atoms with van der Waals surface area (Å²) in [5.41, 5.74) is 0.298. The van der Waals surface area contributed by atoms with Gasteiger partial charge in [-0.15, -0.1) is 11.8 Å². The molecule has 0 aliphatic heterocycles. The summed E-state index contributed by atoms with van der Waals surface area (Å²) in [5, 5.41) is 1.72. The van der Waals surface area contributed by atoms with Crippen LogP contribution in [-0.4, -0.2) is 33.3 Å². The first-order valence-electron chi connectivity index (χ1n) is 7.22. The van der Waals surface area contributed by atoms with E-state index in [0.29, 0.717) is 5.69 Å². The van der Waals surface area contributed by atoms with E-state index < -0.39 is 28.7 Å². The van der Waals surface area contributed by atoms with Gasteiger partial charge in [0.15, 0.2) is 0 Å². The number of nitrogens with one attached hydrogen (secondary N) is 2. The van der Waals surface area contributed by atoms with Gasteiger partial charge in [0.2, 0.25) is 0 Å². The highest BCUT2D eigenvalue weighted by atomic mass is 32.2. The first-order chi connectivity index (χ1) is 12.1. The average molecular weight is 404 g/mol. The Balaban J connectivity index is 2.09. The molecule has 0 atom stereocenters. The van der Waals surface area contributed by atoms with Gasteiger partial charge in [0.05, 0.1) is 4.90 Å². The van der Waals surface area contributed by atoms with Crippen LogP contribution in [0.5, 0.6) is 0 Å². The second-order valence-corrected chi connectivity index (χ2v) is 7.72. The number of sulfonamides is 1. The summed E-state index contributed by atoms with van der Waals surface area (Å²) in [6, 6.07) is 11.4. The van der Waals surface area contributed by atoms with Crippen LogP contribution in [0.15, 0.2) is 58.3 Å². The minimum absolute atomic E-state index is 0.0717. The number of amides is 1. The van der Waals surface area contributed by atoms with Crippen molar-refractivity contribution in [2.24, 2.45) is 0 Å². The highest BCUT2D eigenvalue weighted by Gasteiger charge is 2.28. The van der Waals surface area contributed by atoms with Crippen molar-refractivity contribution in [1.29, 1.82) is 0 Å². The van der Waals surface area contributed by atoms with Gasteiger partial charge >= 0.3 is 6.18 Å². The molecule has 0 unspecified atom stereocenters. The van der Waals surface area contributed by atoms with Crippen LogP contribution in [0.4, 0.5) is 18.9 Å². The molecule has 1 amide bonds. The standard InChI is InChI=1S/C16H15F3N2O3S2/c1-25-13-6-4-12(5-7-13)21-26(23,24)14-8-2-11(3-9-14)15(22)20-10-16(17,18)19/h2-9,21H,10H2,1H3,(H,20,22). The van der Waals surface area contributed by atoms with Crippen molar-refractivity contribution in [2.45, 2.75) is 16.0 Å². The molecule has 0 spiro atoms. The monoisotopic (exact) mass is 404 g/mol. The van der Waals surface area contributed by atoms with Crippen LogP contribution in [0, 0.1) is 0 Å². The van der Waals surface area contributed by atoms with Gasteiger partial charge in [0.1, 0.15) is 6.54 Å². The van der Waals surface area contributed by atoms with Crippen LogP contribution in [0.2, 0.25) is 0 Å². The molecule has 0 heterocycles. The molecule has 0 saturated heterocycles. The van der Waals surface area contributed by atoms with Gasteiger partial charge in [-0.05, 0) is 54.8 Å². The van der Waals surface area contributed by atoms with Gasteiger partial charge in [-0.1, -0.05) is 0 Å². The second kappa shape index (κ2) is 8.00. The van der Waals surface area contributed by atoms with E-state index in [1.807, 2.05) is 6.26 Å². The fourth-order valence-electron chi connectivity index (χ4n) is 1.94. The third-order valence-electron chi connectivity index (χ3n) is 3.22. The van der Waals surface area contributed by atoms with Crippen LogP contribution in [0.3, 0.4) is 0 Å². The Labute approximate surface area is 153 Å². The Morgan fingerprint density at radius 2 is 1.62 bits per heavy atom. The Kier molecular flexibility index (Phi) is 6.19. The van der Waals surface area contributed by atoms with Gasteiger partial charge < -0.3 is 5.32 Å². The molecule has 2 aromatic rings. The van der Waals surface area contributed by atoms with Crippen LogP contribution in [0.25, 0.3) is 0 Å². The predicted octanol–water partition coefficient (Wildman–Crippen LogP) is 3.50. The summed E-state index contributed by atoms with van der Waals surface area (Å²) in [6.45, 7) is -1.46. The lowest BCUT2D eigenvalue weighted by Gasteiger charge is -2.10. The molecule has 2 rings (SSSR count). The summed E-state index contributed by atoms with van der Waals surface area (Å²) in [6.07, 6.45) is -2.62. The minimum Gasteiger partial charge on any atom is -0.343 e. The van der Waals surface area contributed by atoms with Crippen LogP contribution < -0.4 is 10.0 Å². The number of rotatable bonds is 6. The summed E-state index contributed by atoms with van der Waals surface area (Å²) in [7, 11) is -3.88. The lowest BCUT2D eigenvalue weighted by atomic mass is 10.2. The van der Waals surface area contributed by atoms with E-state index in [9.17, 15) is 26.4 Å². The number of carbonyl (C=O) groups excluding carboxylic acids is 1. The fourth-order valence-corrected chi connectivity index (χ4v) is 3.41. The van der Waals surface area contributed by atoms with Crippen LogP contribution >= 0.6 is 11.8 Å². The molecule has 0 fully saturated rings. The molecule has 26 heavy (non-hydrogen) atoms. The molecule has 0 bridgehead atoms. The molecule has 140 valence electrons. The SMILES string of the molecule is CSc1ccc(NS(=O)(=O)c2ccc(C(=O)NCC(F)(F)F)cc2)cc1. The van der Waals surface area contributed by atoms with E-state index in [4.69, 9.17) is 0 Å². The number of anilines is 1. The quantitative estimate of drug-likeness (QED) is 0.723. The van der Waals surface area contributed by atoms with Gasteiger partial charge in [0, 0.05) is 16.1 Å². The molecule has 0 aliphatic rings. The Hall–Kier alpha value is -2.20. The normalized spacial score (nSPS) is 11.8. The number of carbonyl (C=O) groups is 1. The number of hydrogen-bond donors (Lipinski definition) is 2. The van der Waals surface area contributed by atoms with Crippen molar-refractivity contribution >= 4 is 33.4 Å². The first kappa shape index (κ1) is 20.1. The molecule has 2 aromatic carbocycles. The van der Waals surface area contributed by atoms with E-state index >= 15 is 0 Å². The van der Waals surface area contributed by atoms with Crippen molar-refractivity contribution < 1.29 is 26.4 Å². The maximum atomic E-state index is 12.3. The van der Waals surface area contributed by atoms with E-state index in [1.165, 1.54) is 11.8 Å². The molecule has 0 aromatic heterocycles.